The first-order valence-corrected chi connectivity index (χ1v) is 4.97. The van der Waals surface area contributed by atoms with E-state index in [9.17, 15) is 14.0 Å². The molecule has 0 spiro atoms. The van der Waals surface area contributed by atoms with Gasteiger partial charge in [0, 0.05) is 18.4 Å². The zero-order valence-electron chi connectivity index (χ0n) is 8.79. The third-order valence-corrected chi connectivity index (χ3v) is 3.04. The zero-order chi connectivity index (χ0) is 11.9. The van der Waals surface area contributed by atoms with E-state index in [1.807, 2.05) is 0 Å². The molecule has 0 amide bonds. The summed E-state index contributed by atoms with van der Waals surface area (Å²) < 4.78 is 13.6. The Morgan fingerprint density at radius 1 is 1.44 bits per heavy atom. The number of carboxylic acid groups (broad SMARTS) is 1. The Bertz CT molecular complexity index is 471. The lowest BCUT2D eigenvalue weighted by molar-refractivity contribution is -0.153. The fraction of sp³-hybridized carbons (Fsp3) is 0.333. The predicted molar refractivity (Wildman–Crippen MR) is 54.7 cm³/mol. The van der Waals surface area contributed by atoms with Crippen LogP contribution >= 0.6 is 0 Å². The smallest absolute Gasteiger partial charge is 0.315 e. The molecule has 0 saturated heterocycles. The third kappa shape index (κ3) is 1.41. The summed E-state index contributed by atoms with van der Waals surface area (Å²) in [6.45, 7) is 1.76. The van der Waals surface area contributed by atoms with Gasteiger partial charge in [0.25, 0.3) is 0 Å². The van der Waals surface area contributed by atoms with Gasteiger partial charge >= 0.3 is 5.97 Å². The van der Waals surface area contributed by atoms with Crippen molar-refractivity contribution >= 4 is 11.8 Å². The monoisotopic (exact) mass is 222 g/mol. The summed E-state index contributed by atoms with van der Waals surface area (Å²) in [5.74, 6) is -1.82. The molecule has 0 aromatic heterocycles. The maximum absolute atomic E-state index is 13.6. The van der Waals surface area contributed by atoms with Crippen molar-refractivity contribution in [3.05, 3.63) is 35.1 Å². The summed E-state index contributed by atoms with van der Waals surface area (Å²) in [7, 11) is 0. The van der Waals surface area contributed by atoms with E-state index in [1.165, 1.54) is 12.1 Å². The van der Waals surface area contributed by atoms with Gasteiger partial charge in [-0.15, -0.1) is 0 Å². The topological polar surface area (TPSA) is 54.4 Å². The second kappa shape index (κ2) is 3.40. The van der Waals surface area contributed by atoms with Crippen molar-refractivity contribution in [1.29, 1.82) is 0 Å². The van der Waals surface area contributed by atoms with Crippen molar-refractivity contribution in [2.24, 2.45) is 0 Å². The van der Waals surface area contributed by atoms with Gasteiger partial charge in [-0.2, -0.15) is 0 Å². The minimum atomic E-state index is -1.34. The van der Waals surface area contributed by atoms with Crippen LogP contribution in [0.5, 0.6) is 0 Å². The average molecular weight is 222 g/mol. The Balaban J connectivity index is 2.52. The van der Waals surface area contributed by atoms with Crippen LogP contribution in [-0.4, -0.2) is 16.9 Å². The van der Waals surface area contributed by atoms with Gasteiger partial charge in [-0.3, -0.25) is 9.59 Å². The van der Waals surface area contributed by atoms with Gasteiger partial charge in [0.15, 0.2) is 0 Å². The second-order valence-electron chi connectivity index (χ2n) is 4.26. The minimum absolute atomic E-state index is 0.108. The van der Waals surface area contributed by atoms with Crippen molar-refractivity contribution in [2.45, 2.75) is 25.2 Å². The zero-order valence-corrected chi connectivity index (χ0v) is 8.79. The molecule has 0 atom stereocenters. The highest BCUT2D eigenvalue weighted by Crippen LogP contribution is 2.42. The van der Waals surface area contributed by atoms with Gasteiger partial charge in [-0.25, -0.2) is 4.39 Å². The number of hydrogen-bond acceptors (Lipinski definition) is 2. The van der Waals surface area contributed by atoms with Crippen LogP contribution in [-0.2, 0) is 15.0 Å². The van der Waals surface area contributed by atoms with E-state index >= 15 is 0 Å². The largest absolute Gasteiger partial charge is 0.481 e. The summed E-state index contributed by atoms with van der Waals surface area (Å²) in [6.07, 6.45) is -0.217. The van der Waals surface area contributed by atoms with Crippen LogP contribution in [0.15, 0.2) is 18.2 Å². The maximum atomic E-state index is 13.6. The number of carboxylic acids is 1. The first-order chi connectivity index (χ1) is 7.45. The maximum Gasteiger partial charge on any atom is 0.315 e. The van der Waals surface area contributed by atoms with Gasteiger partial charge in [0.05, 0.1) is 0 Å². The van der Waals surface area contributed by atoms with E-state index in [1.54, 1.807) is 13.0 Å². The summed E-state index contributed by atoms with van der Waals surface area (Å²) in [6, 6.07) is 4.34. The Kier molecular flexibility index (Phi) is 2.30. The van der Waals surface area contributed by atoms with Crippen molar-refractivity contribution in [3.63, 3.8) is 0 Å². The normalized spacial score (nSPS) is 18.0. The van der Waals surface area contributed by atoms with Crippen LogP contribution in [0.4, 0.5) is 4.39 Å². The van der Waals surface area contributed by atoms with Crippen LogP contribution in [0, 0.1) is 12.7 Å². The molecular formula is C12H11FO3. The molecule has 2 rings (SSSR count). The molecule has 0 radical (unpaired) electrons. The first-order valence-electron chi connectivity index (χ1n) is 4.97. The van der Waals surface area contributed by atoms with E-state index in [4.69, 9.17) is 5.11 Å². The molecule has 16 heavy (non-hydrogen) atoms. The highest BCUT2D eigenvalue weighted by Gasteiger charge is 2.52. The molecule has 1 aromatic carbocycles. The molecule has 1 saturated carbocycles. The van der Waals surface area contributed by atoms with Gasteiger partial charge in [0.1, 0.15) is 17.0 Å². The standard InChI is InChI=1S/C12H11FO3/c1-7-2-3-10(13)9(4-7)12(11(15)16)5-8(14)6-12/h2-4H,5-6H2,1H3,(H,15,16). The number of carbonyl (C=O) groups excluding carboxylic acids is 1. The molecule has 0 aliphatic heterocycles. The van der Waals surface area contributed by atoms with Gasteiger partial charge in [0.2, 0.25) is 0 Å². The van der Waals surface area contributed by atoms with E-state index < -0.39 is 17.2 Å². The number of aryl methyl sites for hydroxylation is 1. The van der Waals surface area contributed by atoms with Crippen molar-refractivity contribution in [2.75, 3.05) is 0 Å². The first kappa shape index (κ1) is 10.8. The van der Waals surface area contributed by atoms with Crippen LogP contribution in [0.1, 0.15) is 24.0 Å². The predicted octanol–water partition coefficient (Wildman–Crippen LogP) is 1.82. The summed E-state index contributed by atoms with van der Waals surface area (Å²) in [5, 5.41) is 9.15. The van der Waals surface area contributed by atoms with Gasteiger partial charge in [-0.05, 0) is 13.0 Å². The van der Waals surface area contributed by atoms with Crippen LogP contribution in [0.3, 0.4) is 0 Å². The number of carbonyl (C=O) groups is 2. The van der Waals surface area contributed by atoms with Crippen LogP contribution in [0.2, 0.25) is 0 Å². The molecule has 1 aliphatic carbocycles. The average Bonchev–Trinajstić information content (AvgIpc) is 2.16. The lowest BCUT2D eigenvalue weighted by Crippen LogP contribution is -2.48. The summed E-state index contributed by atoms with van der Waals surface area (Å²) >= 11 is 0. The van der Waals surface area contributed by atoms with E-state index in [0.717, 1.165) is 5.56 Å². The molecule has 1 aromatic rings. The highest BCUT2D eigenvalue weighted by atomic mass is 19.1. The minimum Gasteiger partial charge on any atom is -0.481 e. The van der Waals surface area contributed by atoms with Crippen molar-refractivity contribution < 1.29 is 19.1 Å². The third-order valence-electron chi connectivity index (χ3n) is 3.04. The SMILES string of the molecule is Cc1ccc(F)c(C2(C(=O)O)CC(=O)C2)c1. The number of ketones is 1. The Hall–Kier alpha value is -1.71. The number of halogens is 1. The molecule has 0 unspecified atom stereocenters. The fourth-order valence-corrected chi connectivity index (χ4v) is 2.08. The second-order valence-corrected chi connectivity index (χ2v) is 4.26. The molecule has 1 N–H and O–H groups in total. The molecule has 0 heterocycles. The van der Waals surface area contributed by atoms with E-state index in [-0.39, 0.29) is 24.2 Å². The van der Waals surface area contributed by atoms with Gasteiger partial charge < -0.3 is 5.11 Å². The Morgan fingerprint density at radius 3 is 2.56 bits per heavy atom. The Morgan fingerprint density at radius 2 is 2.06 bits per heavy atom. The van der Waals surface area contributed by atoms with Crippen molar-refractivity contribution in [1.82, 2.24) is 0 Å². The molecule has 3 nitrogen and oxygen atoms in total. The van der Waals surface area contributed by atoms with E-state index in [0.29, 0.717) is 0 Å². The molecule has 1 aliphatic rings. The van der Waals surface area contributed by atoms with Crippen LogP contribution < -0.4 is 0 Å². The van der Waals surface area contributed by atoms with Gasteiger partial charge in [-0.1, -0.05) is 17.7 Å². The summed E-state index contributed by atoms with van der Waals surface area (Å²) in [5.41, 5.74) is -0.427. The van der Waals surface area contributed by atoms with E-state index in [2.05, 4.69) is 0 Å². The molecule has 0 bridgehead atoms. The number of aliphatic carboxylic acids is 1. The quantitative estimate of drug-likeness (QED) is 0.830. The molecular weight excluding hydrogens is 211 g/mol. The molecule has 84 valence electrons. The van der Waals surface area contributed by atoms with Crippen LogP contribution in [0.25, 0.3) is 0 Å². The van der Waals surface area contributed by atoms with Crippen molar-refractivity contribution in [3.8, 4) is 0 Å². The number of benzene rings is 1. The highest BCUT2D eigenvalue weighted by molar-refractivity contribution is 6.01. The lowest BCUT2D eigenvalue weighted by Gasteiger charge is -2.36. The fourth-order valence-electron chi connectivity index (χ4n) is 2.08. The molecule has 4 heteroatoms. The number of hydrogen-bond donors (Lipinski definition) is 1. The molecule has 1 fully saturated rings. The number of Topliss-reactive ketones (excluding diaryl/α,β-unsaturated/α-hetero) is 1. The Labute approximate surface area is 91.9 Å². The summed E-state index contributed by atoms with van der Waals surface area (Å²) in [4.78, 5) is 22.2. The lowest BCUT2D eigenvalue weighted by atomic mass is 9.63. The number of rotatable bonds is 2.